The minimum atomic E-state index is -0.555. The minimum absolute atomic E-state index is 0.149. The van der Waals surface area contributed by atoms with Gasteiger partial charge in [0.15, 0.2) is 5.69 Å². The molecule has 2 aromatic heterocycles. The molecule has 0 aliphatic carbocycles. The lowest BCUT2D eigenvalue weighted by molar-refractivity contribution is 0.0943. The van der Waals surface area contributed by atoms with Gasteiger partial charge in [-0.25, -0.2) is 9.48 Å². The molecule has 162 valence electrons. The van der Waals surface area contributed by atoms with Gasteiger partial charge in [-0.3, -0.25) is 10.1 Å². The van der Waals surface area contributed by atoms with Gasteiger partial charge in [0.05, 0.1) is 25.6 Å². The Labute approximate surface area is 198 Å². The Kier molecular flexibility index (Phi) is 6.57. The summed E-state index contributed by atoms with van der Waals surface area (Å²) in [5, 5.41) is 7.87. The maximum atomic E-state index is 13.0. The molecule has 1 N–H and O–H groups in total. The largest absolute Gasteiger partial charge is 0.324 e. The molecule has 1 aliphatic rings. The lowest BCUT2D eigenvalue weighted by Crippen LogP contribution is -2.45. The number of hydrogen-bond donors (Lipinski definition) is 1. The van der Waals surface area contributed by atoms with Crippen LogP contribution in [0, 0.1) is 6.92 Å². The van der Waals surface area contributed by atoms with Crippen LogP contribution in [0.4, 0.5) is 4.79 Å². The number of piperidine rings is 1. The average Bonchev–Trinajstić information content (AvgIpc) is 3.31. The van der Waals surface area contributed by atoms with Crippen molar-refractivity contribution in [2.24, 2.45) is 0 Å². The van der Waals surface area contributed by atoms with Gasteiger partial charge < -0.3 is 4.90 Å². The summed E-state index contributed by atoms with van der Waals surface area (Å²) in [5.41, 5.74) is 2.01. The number of carbonyl (C=O) groups is 2. The molecule has 3 aromatic rings. The summed E-state index contributed by atoms with van der Waals surface area (Å²) in [6.07, 6.45) is 2.97. The monoisotopic (exact) mass is 496 g/mol. The van der Waals surface area contributed by atoms with Gasteiger partial charge in [0.1, 0.15) is 0 Å². The maximum Gasteiger partial charge on any atom is 0.324 e. The van der Waals surface area contributed by atoms with E-state index < -0.39 is 11.9 Å². The van der Waals surface area contributed by atoms with Crippen molar-refractivity contribution in [1.82, 2.24) is 20.0 Å². The normalized spacial score (nSPS) is 14.0. The Balaban J connectivity index is 1.74. The Morgan fingerprint density at radius 1 is 1.06 bits per heavy atom. The van der Waals surface area contributed by atoms with Crippen LogP contribution in [0.3, 0.4) is 0 Å². The van der Waals surface area contributed by atoms with Crippen LogP contribution in [0.5, 0.6) is 0 Å². The van der Waals surface area contributed by atoms with E-state index in [9.17, 15) is 9.59 Å². The highest BCUT2D eigenvalue weighted by Gasteiger charge is 2.26. The molecule has 1 aromatic carbocycles. The Bertz CT molecular complexity index is 1150. The number of nitrogens with zero attached hydrogens (tertiary/aromatic N) is 3. The van der Waals surface area contributed by atoms with Crippen molar-refractivity contribution in [3.63, 3.8) is 0 Å². The summed E-state index contributed by atoms with van der Waals surface area (Å²) in [6, 6.07) is 8.28. The fraction of sp³-hybridized carbons (Fsp3) is 0.286. The van der Waals surface area contributed by atoms with E-state index in [2.05, 4.69) is 10.4 Å². The van der Waals surface area contributed by atoms with Crippen molar-refractivity contribution in [3.8, 4) is 16.3 Å². The summed E-state index contributed by atoms with van der Waals surface area (Å²) in [7, 11) is 0. The molecule has 1 fully saturated rings. The zero-order valence-corrected chi connectivity index (χ0v) is 19.7. The maximum absolute atomic E-state index is 13.0. The molecule has 0 radical (unpaired) electrons. The third-order valence-corrected chi connectivity index (χ3v) is 6.92. The second kappa shape index (κ2) is 9.20. The molecule has 31 heavy (non-hydrogen) atoms. The number of carbonyl (C=O) groups excluding carboxylic acids is 2. The molecule has 3 heterocycles. The van der Waals surface area contributed by atoms with Crippen LogP contribution < -0.4 is 5.32 Å². The van der Waals surface area contributed by atoms with Gasteiger partial charge in [-0.2, -0.15) is 5.10 Å². The molecule has 0 atom stereocenters. The molecule has 1 saturated heterocycles. The minimum Gasteiger partial charge on any atom is -0.324 e. The zero-order chi connectivity index (χ0) is 22.1. The van der Waals surface area contributed by atoms with Crippen molar-refractivity contribution in [2.45, 2.75) is 26.2 Å². The van der Waals surface area contributed by atoms with Crippen molar-refractivity contribution in [3.05, 3.63) is 56.0 Å². The number of thiophene rings is 1. The quantitative estimate of drug-likeness (QED) is 0.468. The molecule has 10 heteroatoms. The molecule has 4 rings (SSSR count). The number of likely N-dealkylation sites (tertiary alicyclic amines) is 1. The predicted octanol–water partition coefficient (Wildman–Crippen LogP) is 6.21. The number of halogens is 3. The summed E-state index contributed by atoms with van der Waals surface area (Å²) >= 11 is 20.0. The van der Waals surface area contributed by atoms with Gasteiger partial charge in [-0.1, -0.05) is 34.8 Å². The Morgan fingerprint density at radius 2 is 1.81 bits per heavy atom. The van der Waals surface area contributed by atoms with Gasteiger partial charge in [0, 0.05) is 23.7 Å². The number of rotatable bonds is 3. The number of imide groups is 1. The highest BCUT2D eigenvalue weighted by atomic mass is 35.5. The molecule has 6 nitrogen and oxygen atoms in total. The fourth-order valence-electron chi connectivity index (χ4n) is 3.60. The van der Waals surface area contributed by atoms with E-state index in [-0.39, 0.29) is 5.69 Å². The van der Waals surface area contributed by atoms with E-state index in [1.165, 1.54) is 11.3 Å². The number of urea groups is 1. The molecule has 0 spiro atoms. The first-order valence-corrected chi connectivity index (χ1v) is 11.7. The summed E-state index contributed by atoms with van der Waals surface area (Å²) < 4.78 is 2.20. The molecule has 0 bridgehead atoms. The molecular weight excluding hydrogens is 479 g/mol. The second-order valence-corrected chi connectivity index (χ2v) is 9.80. The van der Waals surface area contributed by atoms with Gasteiger partial charge in [-0.05, 0) is 56.5 Å². The SMILES string of the molecule is Cc1c(C(=O)NC(=O)N2CCCCC2)nn(-c2ccc(Cl)cc2Cl)c1-c1ccc(Cl)s1. The molecular formula is C21H19Cl3N4O2S. The lowest BCUT2D eigenvalue weighted by atomic mass is 10.1. The molecule has 0 unspecified atom stereocenters. The van der Waals surface area contributed by atoms with Crippen LogP contribution >= 0.6 is 46.1 Å². The Hall–Kier alpha value is -2.06. The van der Waals surface area contributed by atoms with E-state index in [0.717, 1.165) is 24.1 Å². The summed E-state index contributed by atoms with van der Waals surface area (Å²) in [6.45, 7) is 3.08. The van der Waals surface area contributed by atoms with Gasteiger partial charge in [-0.15, -0.1) is 11.3 Å². The first-order valence-electron chi connectivity index (χ1n) is 9.76. The summed E-state index contributed by atoms with van der Waals surface area (Å²) in [4.78, 5) is 28.0. The van der Waals surface area contributed by atoms with E-state index in [1.807, 2.05) is 6.07 Å². The Morgan fingerprint density at radius 3 is 2.45 bits per heavy atom. The first kappa shape index (κ1) is 22.1. The van der Waals surface area contributed by atoms with Gasteiger partial charge in [0.2, 0.25) is 0 Å². The van der Waals surface area contributed by atoms with E-state index in [1.54, 1.807) is 40.8 Å². The van der Waals surface area contributed by atoms with Crippen molar-refractivity contribution < 1.29 is 9.59 Å². The number of benzene rings is 1. The highest BCUT2D eigenvalue weighted by molar-refractivity contribution is 7.19. The number of amides is 3. The van der Waals surface area contributed by atoms with Crippen molar-refractivity contribution in [2.75, 3.05) is 13.1 Å². The predicted molar refractivity (Wildman–Crippen MR) is 125 cm³/mol. The van der Waals surface area contributed by atoms with Crippen LogP contribution in [0.25, 0.3) is 16.3 Å². The highest BCUT2D eigenvalue weighted by Crippen LogP contribution is 2.37. The number of aromatic nitrogens is 2. The smallest absolute Gasteiger partial charge is 0.324 e. The third-order valence-electron chi connectivity index (χ3n) is 5.15. The van der Waals surface area contributed by atoms with Crippen LogP contribution in [0.2, 0.25) is 14.4 Å². The van der Waals surface area contributed by atoms with E-state index in [0.29, 0.717) is 44.4 Å². The second-order valence-electron chi connectivity index (χ2n) is 7.24. The van der Waals surface area contributed by atoms with Crippen LogP contribution in [-0.2, 0) is 0 Å². The third kappa shape index (κ3) is 4.60. The van der Waals surface area contributed by atoms with Crippen LogP contribution in [0.1, 0.15) is 35.3 Å². The standard InChI is InChI=1S/C21H19Cl3N4O2S/c1-12-18(20(29)25-21(30)27-9-3-2-4-10-27)26-28(15-6-5-13(22)11-14(15)23)19(12)16-7-8-17(24)31-16/h5-8,11H,2-4,9-10H2,1H3,(H,25,29,30). The van der Waals surface area contributed by atoms with Gasteiger partial charge >= 0.3 is 6.03 Å². The number of nitrogens with one attached hydrogen (secondary N) is 1. The average molecular weight is 498 g/mol. The molecule has 0 saturated carbocycles. The van der Waals surface area contributed by atoms with Crippen molar-refractivity contribution >= 4 is 58.1 Å². The van der Waals surface area contributed by atoms with E-state index in [4.69, 9.17) is 34.8 Å². The lowest BCUT2D eigenvalue weighted by Gasteiger charge is -2.26. The van der Waals surface area contributed by atoms with E-state index >= 15 is 0 Å². The summed E-state index contributed by atoms with van der Waals surface area (Å²) in [5.74, 6) is -0.555. The first-order chi connectivity index (χ1) is 14.8. The van der Waals surface area contributed by atoms with Crippen LogP contribution in [0.15, 0.2) is 30.3 Å². The molecule has 3 amide bonds. The van der Waals surface area contributed by atoms with Crippen LogP contribution in [-0.4, -0.2) is 39.7 Å². The van der Waals surface area contributed by atoms with Gasteiger partial charge in [0.25, 0.3) is 5.91 Å². The fourth-order valence-corrected chi connectivity index (χ4v) is 5.22. The zero-order valence-electron chi connectivity index (χ0n) is 16.6. The molecule has 1 aliphatic heterocycles. The topological polar surface area (TPSA) is 67.2 Å². The van der Waals surface area contributed by atoms with Crippen molar-refractivity contribution in [1.29, 1.82) is 0 Å². The number of hydrogen-bond acceptors (Lipinski definition) is 4.